The van der Waals surface area contributed by atoms with Gasteiger partial charge in [0.15, 0.2) is 0 Å². The predicted molar refractivity (Wildman–Crippen MR) is 83.8 cm³/mol. The van der Waals surface area contributed by atoms with Gasteiger partial charge in [0.25, 0.3) is 5.69 Å². The Balaban J connectivity index is 1.86. The number of piperidine rings is 1. The highest BCUT2D eigenvalue weighted by molar-refractivity contribution is 5.65. The molecule has 1 saturated carbocycles. The molecule has 5 heteroatoms. The molecule has 0 amide bonds. The molecule has 1 aromatic rings. The quantitative estimate of drug-likeness (QED) is 0.669. The van der Waals surface area contributed by atoms with Crippen LogP contribution < -0.4 is 10.2 Å². The molecule has 0 radical (unpaired) electrons. The second-order valence-electron chi connectivity index (χ2n) is 6.33. The molecule has 1 N–H and O–H groups in total. The summed E-state index contributed by atoms with van der Waals surface area (Å²) in [5.74, 6) is 0.645. The number of hydrogen-bond acceptors (Lipinski definition) is 4. The number of nitrogens with zero attached hydrogens (tertiary/aromatic N) is 2. The molecule has 0 spiro atoms. The monoisotopic (exact) mass is 289 g/mol. The molecule has 21 heavy (non-hydrogen) atoms. The van der Waals surface area contributed by atoms with E-state index in [1.807, 2.05) is 19.1 Å². The zero-order valence-corrected chi connectivity index (χ0v) is 12.5. The Morgan fingerprint density at radius 2 is 2.00 bits per heavy atom. The number of hydrogen-bond donors (Lipinski definition) is 1. The van der Waals surface area contributed by atoms with Crippen molar-refractivity contribution < 1.29 is 4.92 Å². The summed E-state index contributed by atoms with van der Waals surface area (Å²) in [6.45, 7) is 5.09. The molecule has 3 rings (SSSR count). The number of rotatable bonds is 5. The van der Waals surface area contributed by atoms with Crippen molar-refractivity contribution in [3.63, 3.8) is 0 Å². The van der Waals surface area contributed by atoms with Crippen molar-refractivity contribution in [3.05, 3.63) is 33.9 Å². The minimum atomic E-state index is -0.243. The van der Waals surface area contributed by atoms with Crippen LogP contribution in [0.5, 0.6) is 0 Å². The zero-order chi connectivity index (χ0) is 14.8. The largest absolute Gasteiger partial charge is 0.363 e. The van der Waals surface area contributed by atoms with E-state index in [-0.39, 0.29) is 10.6 Å². The van der Waals surface area contributed by atoms with E-state index in [4.69, 9.17) is 0 Å². The molecule has 0 bridgehead atoms. The summed E-state index contributed by atoms with van der Waals surface area (Å²) in [4.78, 5) is 13.4. The van der Waals surface area contributed by atoms with E-state index in [0.717, 1.165) is 43.7 Å². The Bertz CT molecular complexity index is 522. The van der Waals surface area contributed by atoms with Crippen LogP contribution in [0.3, 0.4) is 0 Å². The van der Waals surface area contributed by atoms with Gasteiger partial charge >= 0.3 is 0 Å². The third-order valence-corrected chi connectivity index (χ3v) is 4.54. The Morgan fingerprint density at radius 1 is 1.29 bits per heavy atom. The lowest BCUT2D eigenvalue weighted by molar-refractivity contribution is -0.384. The molecular formula is C16H23N3O2. The van der Waals surface area contributed by atoms with Gasteiger partial charge < -0.3 is 10.2 Å². The Kier molecular flexibility index (Phi) is 4.10. The van der Waals surface area contributed by atoms with Gasteiger partial charge in [0.2, 0.25) is 0 Å². The van der Waals surface area contributed by atoms with Crippen molar-refractivity contribution in [2.24, 2.45) is 5.92 Å². The fourth-order valence-electron chi connectivity index (χ4n) is 3.19. The Labute approximate surface area is 125 Å². The summed E-state index contributed by atoms with van der Waals surface area (Å²) in [5.41, 5.74) is 2.16. The van der Waals surface area contributed by atoms with Crippen molar-refractivity contribution >= 4 is 11.4 Å². The average molecular weight is 289 g/mol. The molecular weight excluding hydrogens is 266 g/mol. The third kappa shape index (κ3) is 3.35. The molecule has 0 unspecified atom stereocenters. The molecule has 1 heterocycles. The number of nitro groups is 1. The predicted octanol–water partition coefficient (Wildman–Crippen LogP) is 2.87. The lowest BCUT2D eigenvalue weighted by Gasteiger charge is -2.31. The van der Waals surface area contributed by atoms with Crippen molar-refractivity contribution in [2.75, 3.05) is 24.5 Å². The standard InChI is InChI=1S/C16H23N3O2/c1-12-2-5-15(19(20)21)16(10-12)18(14-3-4-14)11-13-6-8-17-9-7-13/h2,5,10,13-14,17H,3-4,6-9,11H2,1H3. The van der Waals surface area contributed by atoms with Gasteiger partial charge in [-0.3, -0.25) is 10.1 Å². The first-order chi connectivity index (χ1) is 10.1. The molecule has 2 fully saturated rings. The van der Waals surface area contributed by atoms with Crippen LogP contribution in [-0.4, -0.2) is 30.6 Å². The molecule has 0 aromatic heterocycles. The van der Waals surface area contributed by atoms with Gasteiger partial charge in [-0.25, -0.2) is 0 Å². The lowest BCUT2D eigenvalue weighted by Crippen LogP contribution is -2.37. The van der Waals surface area contributed by atoms with Crippen LogP contribution in [0.25, 0.3) is 0 Å². The minimum absolute atomic E-state index is 0.243. The van der Waals surface area contributed by atoms with Crippen LogP contribution >= 0.6 is 0 Å². The van der Waals surface area contributed by atoms with E-state index >= 15 is 0 Å². The summed E-state index contributed by atoms with van der Waals surface area (Å²) in [6.07, 6.45) is 4.66. The average Bonchev–Trinajstić information content (AvgIpc) is 3.30. The van der Waals surface area contributed by atoms with Gasteiger partial charge in [-0.05, 0) is 63.2 Å². The molecule has 1 aromatic carbocycles. The number of aryl methyl sites for hydroxylation is 1. The first-order valence-electron chi connectivity index (χ1n) is 7.87. The van der Waals surface area contributed by atoms with Crippen LogP contribution in [0.2, 0.25) is 0 Å². The maximum atomic E-state index is 11.3. The van der Waals surface area contributed by atoms with E-state index in [2.05, 4.69) is 10.2 Å². The minimum Gasteiger partial charge on any atom is -0.363 e. The molecule has 0 atom stereocenters. The third-order valence-electron chi connectivity index (χ3n) is 4.54. The first kappa shape index (κ1) is 14.3. The van der Waals surface area contributed by atoms with E-state index in [1.54, 1.807) is 6.07 Å². The van der Waals surface area contributed by atoms with E-state index in [1.165, 1.54) is 12.8 Å². The highest BCUT2D eigenvalue weighted by atomic mass is 16.6. The summed E-state index contributed by atoms with van der Waals surface area (Å²) >= 11 is 0. The number of anilines is 1. The van der Waals surface area contributed by atoms with Crippen LogP contribution in [0.15, 0.2) is 18.2 Å². The maximum absolute atomic E-state index is 11.3. The first-order valence-corrected chi connectivity index (χ1v) is 7.87. The molecule has 1 aliphatic heterocycles. The van der Waals surface area contributed by atoms with Crippen molar-refractivity contribution in [2.45, 2.75) is 38.6 Å². The molecule has 1 aliphatic carbocycles. The van der Waals surface area contributed by atoms with Gasteiger partial charge in [0, 0.05) is 18.7 Å². The van der Waals surface area contributed by atoms with Crippen LogP contribution in [0.4, 0.5) is 11.4 Å². The fourth-order valence-corrected chi connectivity index (χ4v) is 3.19. The molecule has 1 saturated heterocycles. The van der Waals surface area contributed by atoms with Crippen molar-refractivity contribution in [1.29, 1.82) is 0 Å². The smallest absolute Gasteiger partial charge is 0.292 e. The van der Waals surface area contributed by atoms with Gasteiger partial charge in [-0.2, -0.15) is 0 Å². The highest BCUT2D eigenvalue weighted by Gasteiger charge is 2.34. The maximum Gasteiger partial charge on any atom is 0.292 e. The summed E-state index contributed by atoms with van der Waals surface area (Å²) in [5, 5.41) is 14.7. The SMILES string of the molecule is Cc1ccc([N+](=O)[O-])c(N(CC2CCNCC2)C2CC2)c1. The van der Waals surface area contributed by atoms with E-state index < -0.39 is 0 Å². The molecule has 114 valence electrons. The van der Waals surface area contributed by atoms with Gasteiger partial charge in [0.05, 0.1) is 4.92 Å². The lowest BCUT2D eigenvalue weighted by atomic mass is 9.97. The van der Waals surface area contributed by atoms with E-state index in [9.17, 15) is 10.1 Å². The Hall–Kier alpha value is -1.62. The van der Waals surface area contributed by atoms with Crippen LogP contribution in [0.1, 0.15) is 31.2 Å². The second kappa shape index (κ2) is 6.02. The molecule has 2 aliphatic rings. The molecule has 5 nitrogen and oxygen atoms in total. The number of nitro benzene ring substituents is 1. The van der Waals surface area contributed by atoms with Gasteiger partial charge in [-0.15, -0.1) is 0 Å². The van der Waals surface area contributed by atoms with Crippen molar-refractivity contribution in [1.82, 2.24) is 5.32 Å². The Morgan fingerprint density at radius 3 is 2.62 bits per heavy atom. The van der Waals surface area contributed by atoms with Crippen LogP contribution in [-0.2, 0) is 0 Å². The highest BCUT2D eigenvalue weighted by Crippen LogP contribution is 2.38. The van der Waals surface area contributed by atoms with Gasteiger partial charge in [0.1, 0.15) is 5.69 Å². The summed E-state index contributed by atoms with van der Waals surface area (Å²) in [7, 11) is 0. The summed E-state index contributed by atoms with van der Waals surface area (Å²) in [6, 6.07) is 5.97. The van der Waals surface area contributed by atoms with Crippen molar-refractivity contribution in [3.8, 4) is 0 Å². The summed E-state index contributed by atoms with van der Waals surface area (Å²) < 4.78 is 0. The van der Waals surface area contributed by atoms with E-state index in [0.29, 0.717) is 12.0 Å². The number of benzene rings is 1. The normalized spacial score (nSPS) is 19.5. The second-order valence-corrected chi connectivity index (χ2v) is 6.33. The van der Waals surface area contributed by atoms with Gasteiger partial charge in [-0.1, -0.05) is 6.07 Å². The fraction of sp³-hybridized carbons (Fsp3) is 0.625. The number of nitrogens with one attached hydrogen (secondary N) is 1. The van der Waals surface area contributed by atoms with Crippen LogP contribution in [0, 0.1) is 23.0 Å². The topological polar surface area (TPSA) is 58.4 Å². The zero-order valence-electron chi connectivity index (χ0n) is 12.5.